The molecule has 0 saturated carbocycles. The van der Waals surface area contributed by atoms with Crippen molar-refractivity contribution in [1.29, 1.82) is 0 Å². The number of para-hydroxylation sites is 1. The van der Waals surface area contributed by atoms with Gasteiger partial charge in [-0.25, -0.2) is 0 Å². The Kier molecular flexibility index (Phi) is 3.70. The number of methoxy groups -OCH3 is 1. The van der Waals surface area contributed by atoms with Gasteiger partial charge in [-0.1, -0.05) is 46.3 Å². The van der Waals surface area contributed by atoms with E-state index in [0.717, 1.165) is 23.5 Å². The Morgan fingerprint density at radius 2 is 2.05 bits per heavy atom. The molecule has 2 nitrogen and oxygen atoms in total. The van der Waals surface area contributed by atoms with Crippen molar-refractivity contribution in [3.05, 3.63) is 59.2 Å². The van der Waals surface area contributed by atoms with Gasteiger partial charge in [-0.2, -0.15) is 0 Å². The third-order valence-electron chi connectivity index (χ3n) is 3.74. The standard InChI is InChI=1S/C17H17BrO2/c1-11-9-13(7-8-14(11)19-2)17(18)16-10-12-5-3-4-6-15(12)20-16/h3-9,16-17H,10H2,1-2H3. The predicted molar refractivity (Wildman–Crippen MR) is 84.0 cm³/mol. The molecule has 2 aromatic carbocycles. The number of ether oxygens (including phenoxy) is 2. The predicted octanol–water partition coefficient (Wildman–Crippen LogP) is 4.44. The molecule has 0 bridgehead atoms. The molecule has 0 N–H and O–H groups in total. The van der Waals surface area contributed by atoms with Crippen LogP contribution in [-0.4, -0.2) is 13.2 Å². The van der Waals surface area contributed by atoms with Crippen molar-refractivity contribution >= 4 is 15.9 Å². The van der Waals surface area contributed by atoms with Crippen LogP contribution < -0.4 is 9.47 Å². The lowest BCUT2D eigenvalue weighted by Crippen LogP contribution is -2.19. The first-order valence-corrected chi connectivity index (χ1v) is 7.64. The summed E-state index contributed by atoms with van der Waals surface area (Å²) in [5.41, 5.74) is 3.65. The van der Waals surface area contributed by atoms with Gasteiger partial charge >= 0.3 is 0 Å². The highest BCUT2D eigenvalue weighted by Crippen LogP contribution is 2.39. The fourth-order valence-corrected chi connectivity index (χ4v) is 3.24. The van der Waals surface area contributed by atoms with Gasteiger partial charge in [0.25, 0.3) is 0 Å². The van der Waals surface area contributed by atoms with Crippen molar-refractivity contribution in [3.8, 4) is 11.5 Å². The van der Waals surface area contributed by atoms with Crippen LogP contribution in [0.2, 0.25) is 0 Å². The van der Waals surface area contributed by atoms with E-state index in [2.05, 4.69) is 47.1 Å². The Hall–Kier alpha value is -1.48. The smallest absolute Gasteiger partial charge is 0.123 e. The number of alkyl halides is 1. The summed E-state index contributed by atoms with van der Waals surface area (Å²) in [6, 6.07) is 14.5. The molecule has 0 saturated heterocycles. The van der Waals surface area contributed by atoms with Crippen molar-refractivity contribution < 1.29 is 9.47 Å². The van der Waals surface area contributed by atoms with E-state index < -0.39 is 0 Å². The number of hydrogen-bond donors (Lipinski definition) is 0. The fourth-order valence-electron chi connectivity index (χ4n) is 2.66. The highest BCUT2D eigenvalue weighted by molar-refractivity contribution is 9.09. The average Bonchev–Trinajstić information content (AvgIpc) is 2.90. The van der Waals surface area contributed by atoms with Crippen molar-refractivity contribution in [2.75, 3.05) is 7.11 Å². The van der Waals surface area contributed by atoms with Crippen molar-refractivity contribution in [3.63, 3.8) is 0 Å². The molecule has 3 heteroatoms. The summed E-state index contributed by atoms with van der Waals surface area (Å²) in [6.07, 6.45) is 1.08. The number of hydrogen-bond acceptors (Lipinski definition) is 2. The molecule has 0 aliphatic carbocycles. The van der Waals surface area contributed by atoms with Gasteiger partial charge in [0.2, 0.25) is 0 Å². The highest BCUT2D eigenvalue weighted by atomic mass is 79.9. The topological polar surface area (TPSA) is 18.5 Å². The quantitative estimate of drug-likeness (QED) is 0.773. The van der Waals surface area contributed by atoms with Gasteiger partial charge < -0.3 is 9.47 Å². The van der Waals surface area contributed by atoms with E-state index in [4.69, 9.17) is 9.47 Å². The van der Waals surface area contributed by atoms with Crippen molar-refractivity contribution in [2.24, 2.45) is 0 Å². The van der Waals surface area contributed by atoms with Crippen LogP contribution in [0.15, 0.2) is 42.5 Å². The van der Waals surface area contributed by atoms with Gasteiger partial charge in [-0.3, -0.25) is 0 Å². The molecule has 2 atom stereocenters. The van der Waals surface area contributed by atoms with Crippen LogP contribution in [0.5, 0.6) is 11.5 Å². The second-order valence-electron chi connectivity index (χ2n) is 5.10. The highest BCUT2D eigenvalue weighted by Gasteiger charge is 2.29. The first-order chi connectivity index (χ1) is 9.69. The van der Waals surface area contributed by atoms with Gasteiger partial charge in [-0.15, -0.1) is 0 Å². The molecular formula is C17H17BrO2. The van der Waals surface area contributed by atoms with Crippen LogP contribution in [0.25, 0.3) is 0 Å². The second kappa shape index (κ2) is 5.49. The maximum Gasteiger partial charge on any atom is 0.123 e. The van der Waals surface area contributed by atoms with Gasteiger partial charge in [0, 0.05) is 6.42 Å². The third-order valence-corrected chi connectivity index (χ3v) is 4.85. The van der Waals surface area contributed by atoms with Crippen LogP contribution in [0.4, 0.5) is 0 Å². The first-order valence-electron chi connectivity index (χ1n) is 6.72. The zero-order valence-electron chi connectivity index (χ0n) is 11.6. The van der Waals surface area contributed by atoms with Crippen LogP contribution in [0, 0.1) is 6.92 Å². The number of aryl methyl sites for hydroxylation is 1. The molecule has 1 aliphatic rings. The molecule has 20 heavy (non-hydrogen) atoms. The van der Waals surface area contributed by atoms with E-state index in [1.807, 2.05) is 18.2 Å². The molecule has 104 valence electrons. The summed E-state index contributed by atoms with van der Waals surface area (Å²) < 4.78 is 11.4. The van der Waals surface area contributed by atoms with Gasteiger partial charge in [0.15, 0.2) is 0 Å². The fraction of sp³-hybridized carbons (Fsp3) is 0.294. The minimum absolute atomic E-state index is 0.139. The molecule has 2 aromatic rings. The summed E-state index contributed by atoms with van der Waals surface area (Å²) in [5, 5.41) is 0. The minimum Gasteiger partial charge on any atom is -0.496 e. The van der Waals surface area contributed by atoms with Crippen molar-refractivity contribution in [2.45, 2.75) is 24.3 Å². The van der Waals surface area contributed by atoms with Crippen LogP contribution in [0.1, 0.15) is 21.5 Å². The molecule has 0 radical (unpaired) electrons. The third kappa shape index (κ3) is 2.42. The number of halogens is 1. The Morgan fingerprint density at radius 1 is 1.25 bits per heavy atom. The van der Waals surface area contributed by atoms with Gasteiger partial charge in [-0.05, 0) is 35.7 Å². The zero-order chi connectivity index (χ0) is 14.1. The summed E-state index contributed by atoms with van der Waals surface area (Å²) in [6.45, 7) is 2.06. The monoisotopic (exact) mass is 332 g/mol. The van der Waals surface area contributed by atoms with E-state index >= 15 is 0 Å². The lowest BCUT2D eigenvalue weighted by Gasteiger charge is -2.19. The first kappa shape index (κ1) is 13.5. The zero-order valence-corrected chi connectivity index (χ0v) is 13.2. The Morgan fingerprint density at radius 3 is 2.75 bits per heavy atom. The molecule has 3 rings (SSSR count). The largest absolute Gasteiger partial charge is 0.496 e. The Bertz CT molecular complexity index is 599. The summed E-state index contributed by atoms with van der Waals surface area (Å²) >= 11 is 3.79. The van der Waals surface area contributed by atoms with Crippen molar-refractivity contribution in [1.82, 2.24) is 0 Å². The Balaban J connectivity index is 1.81. The van der Waals surface area contributed by atoms with E-state index in [9.17, 15) is 0 Å². The average molecular weight is 333 g/mol. The lowest BCUT2D eigenvalue weighted by atomic mass is 10.0. The SMILES string of the molecule is COc1ccc(C(Br)C2Cc3ccccc3O2)cc1C. The number of benzene rings is 2. The number of fused-ring (bicyclic) bond motifs is 1. The molecule has 2 unspecified atom stereocenters. The van der Waals surface area contributed by atoms with Gasteiger partial charge in [0.05, 0.1) is 11.9 Å². The molecule has 0 fully saturated rings. The van der Waals surface area contributed by atoms with E-state index in [1.54, 1.807) is 7.11 Å². The molecule has 0 amide bonds. The molecule has 0 spiro atoms. The van der Waals surface area contributed by atoms with Crippen LogP contribution in [-0.2, 0) is 6.42 Å². The normalized spacial score (nSPS) is 18.2. The molecule has 0 aromatic heterocycles. The lowest BCUT2D eigenvalue weighted by molar-refractivity contribution is 0.232. The van der Waals surface area contributed by atoms with E-state index in [1.165, 1.54) is 11.1 Å². The maximum atomic E-state index is 6.04. The minimum atomic E-state index is 0.139. The maximum absolute atomic E-state index is 6.04. The van der Waals surface area contributed by atoms with E-state index in [-0.39, 0.29) is 10.9 Å². The summed E-state index contributed by atoms with van der Waals surface area (Å²) in [5.74, 6) is 1.93. The molecule has 1 heterocycles. The molecular weight excluding hydrogens is 316 g/mol. The molecule has 1 aliphatic heterocycles. The summed E-state index contributed by atoms with van der Waals surface area (Å²) in [7, 11) is 1.70. The number of rotatable bonds is 3. The van der Waals surface area contributed by atoms with Crippen LogP contribution in [0.3, 0.4) is 0 Å². The second-order valence-corrected chi connectivity index (χ2v) is 6.09. The van der Waals surface area contributed by atoms with Crippen LogP contribution >= 0.6 is 15.9 Å². The summed E-state index contributed by atoms with van der Waals surface area (Å²) in [4.78, 5) is 0.180. The Labute approximate surface area is 127 Å². The van der Waals surface area contributed by atoms with E-state index in [0.29, 0.717) is 0 Å². The van der Waals surface area contributed by atoms with Gasteiger partial charge in [0.1, 0.15) is 17.6 Å².